The molecule has 0 bridgehead atoms. The van der Waals surface area contributed by atoms with Gasteiger partial charge in [0.1, 0.15) is 4.21 Å². The standard InChI is InChI=1S/C20H25N3O4S2/c1-5-22-13-17(15(2)21-22)14-23(29(24,25)20-7-6-10-28-20)12-16-8-9-18(26-3)19(11-16)27-4/h6-11,13H,5,12,14H2,1-4H3. The second kappa shape index (κ2) is 8.98. The van der Waals surface area contributed by atoms with Gasteiger partial charge in [0, 0.05) is 31.4 Å². The molecule has 0 fully saturated rings. The fourth-order valence-electron chi connectivity index (χ4n) is 3.01. The van der Waals surface area contributed by atoms with Gasteiger partial charge in [-0.2, -0.15) is 9.40 Å². The van der Waals surface area contributed by atoms with Crippen LogP contribution in [-0.2, 0) is 29.7 Å². The lowest BCUT2D eigenvalue weighted by Gasteiger charge is -2.22. The molecule has 2 heterocycles. The molecule has 156 valence electrons. The van der Waals surface area contributed by atoms with E-state index >= 15 is 0 Å². The van der Waals surface area contributed by atoms with Crippen LogP contribution >= 0.6 is 11.3 Å². The van der Waals surface area contributed by atoms with Crippen molar-refractivity contribution in [3.05, 3.63) is 58.7 Å². The molecule has 0 radical (unpaired) electrons. The predicted molar refractivity (Wildman–Crippen MR) is 113 cm³/mol. The number of sulfonamides is 1. The van der Waals surface area contributed by atoms with Gasteiger partial charge in [-0.3, -0.25) is 4.68 Å². The Morgan fingerprint density at radius 1 is 1.14 bits per heavy atom. The fraction of sp³-hybridized carbons (Fsp3) is 0.350. The van der Waals surface area contributed by atoms with Gasteiger partial charge in [-0.25, -0.2) is 8.42 Å². The zero-order valence-corrected chi connectivity index (χ0v) is 18.6. The summed E-state index contributed by atoms with van der Waals surface area (Å²) in [6.45, 7) is 5.07. The van der Waals surface area contributed by atoms with E-state index in [1.165, 1.54) is 15.6 Å². The Morgan fingerprint density at radius 3 is 2.48 bits per heavy atom. The number of hydrogen-bond acceptors (Lipinski definition) is 6. The van der Waals surface area contributed by atoms with E-state index in [2.05, 4.69) is 5.10 Å². The highest BCUT2D eigenvalue weighted by molar-refractivity contribution is 7.91. The smallest absolute Gasteiger partial charge is 0.253 e. The van der Waals surface area contributed by atoms with Crippen molar-refractivity contribution in [2.24, 2.45) is 0 Å². The maximum Gasteiger partial charge on any atom is 0.253 e. The summed E-state index contributed by atoms with van der Waals surface area (Å²) in [5.41, 5.74) is 2.52. The third kappa shape index (κ3) is 4.63. The second-order valence-electron chi connectivity index (χ2n) is 6.49. The first-order valence-corrected chi connectivity index (χ1v) is 11.5. The summed E-state index contributed by atoms with van der Waals surface area (Å²) in [6.07, 6.45) is 1.90. The lowest BCUT2D eigenvalue weighted by molar-refractivity contribution is 0.352. The molecule has 0 unspecified atom stereocenters. The summed E-state index contributed by atoms with van der Waals surface area (Å²) < 4.78 is 40.9. The van der Waals surface area contributed by atoms with Crippen LogP contribution in [0.15, 0.2) is 46.1 Å². The number of thiophene rings is 1. The van der Waals surface area contributed by atoms with Crippen LogP contribution in [0.25, 0.3) is 0 Å². The molecule has 0 saturated carbocycles. The average Bonchev–Trinajstić information content (AvgIpc) is 3.38. The largest absolute Gasteiger partial charge is 0.493 e. The van der Waals surface area contributed by atoms with Crippen molar-refractivity contribution in [3.8, 4) is 11.5 Å². The number of rotatable bonds is 9. The molecule has 2 aromatic heterocycles. The molecule has 0 aliphatic carbocycles. The van der Waals surface area contributed by atoms with Crippen molar-refractivity contribution in [1.29, 1.82) is 0 Å². The Kier molecular flexibility index (Phi) is 6.61. The summed E-state index contributed by atoms with van der Waals surface area (Å²) in [7, 11) is -0.532. The summed E-state index contributed by atoms with van der Waals surface area (Å²) >= 11 is 1.21. The van der Waals surface area contributed by atoms with Gasteiger partial charge in [0.2, 0.25) is 0 Å². The van der Waals surface area contributed by atoms with E-state index in [9.17, 15) is 8.42 Å². The van der Waals surface area contributed by atoms with E-state index in [-0.39, 0.29) is 13.1 Å². The summed E-state index contributed by atoms with van der Waals surface area (Å²) in [6, 6.07) is 8.81. The van der Waals surface area contributed by atoms with E-state index < -0.39 is 10.0 Å². The monoisotopic (exact) mass is 435 g/mol. The Bertz CT molecular complexity index is 1060. The third-order valence-electron chi connectivity index (χ3n) is 4.61. The van der Waals surface area contributed by atoms with Crippen molar-refractivity contribution in [2.75, 3.05) is 14.2 Å². The molecule has 0 atom stereocenters. The van der Waals surface area contributed by atoms with Gasteiger partial charge >= 0.3 is 0 Å². The Balaban J connectivity index is 1.98. The number of aryl methyl sites for hydroxylation is 2. The summed E-state index contributed by atoms with van der Waals surface area (Å²) in [5.74, 6) is 1.16. The van der Waals surface area contributed by atoms with Crippen molar-refractivity contribution >= 4 is 21.4 Å². The molecule has 0 N–H and O–H groups in total. The molecule has 0 aliphatic rings. The highest BCUT2D eigenvalue weighted by Gasteiger charge is 2.27. The summed E-state index contributed by atoms with van der Waals surface area (Å²) in [5, 5.41) is 6.21. The highest BCUT2D eigenvalue weighted by Crippen LogP contribution is 2.30. The number of hydrogen-bond donors (Lipinski definition) is 0. The van der Waals surface area contributed by atoms with Crippen LogP contribution < -0.4 is 9.47 Å². The molecule has 0 aliphatic heterocycles. The van der Waals surface area contributed by atoms with Crippen molar-refractivity contribution in [1.82, 2.24) is 14.1 Å². The Hall–Kier alpha value is -2.36. The molecule has 0 amide bonds. The van der Waals surface area contributed by atoms with Crippen LogP contribution in [0.5, 0.6) is 11.5 Å². The van der Waals surface area contributed by atoms with E-state index in [1.54, 1.807) is 43.9 Å². The minimum Gasteiger partial charge on any atom is -0.493 e. The molecular formula is C20H25N3O4S2. The normalized spacial score (nSPS) is 11.8. The first-order valence-electron chi connectivity index (χ1n) is 9.16. The molecular weight excluding hydrogens is 410 g/mol. The van der Waals surface area contributed by atoms with Crippen LogP contribution in [0.3, 0.4) is 0 Å². The lowest BCUT2D eigenvalue weighted by Crippen LogP contribution is -2.30. The van der Waals surface area contributed by atoms with Gasteiger partial charge in [-0.1, -0.05) is 12.1 Å². The fourth-order valence-corrected chi connectivity index (χ4v) is 5.56. The average molecular weight is 436 g/mol. The van der Waals surface area contributed by atoms with E-state index in [4.69, 9.17) is 9.47 Å². The zero-order valence-electron chi connectivity index (χ0n) is 17.0. The van der Waals surface area contributed by atoms with E-state index in [1.807, 2.05) is 30.8 Å². The number of methoxy groups -OCH3 is 2. The van der Waals surface area contributed by atoms with Gasteiger partial charge in [-0.15, -0.1) is 11.3 Å². The minimum absolute atomic E-state index is 0.206. The highest BCUT2D eigenvalue weighted by atomic mass is 32.2. The van der Waals surface area contributed by atoms with E-state index in [0.29, 0.717) is 15.7 Å². The molecule has 7 nitrogen and oxygen atoms in total. The number of aromatic nitrogens is 2. The van der Waals surface area contributed by atoms with Crippen LogP contribution in [0.4, 0.5) is 0 Å². The van der Waals surface area contributed by atoms with Crippen molar-refractivity contribution in [2.45, 2.75) is 37.7 Å². The number of nitrogens with zero attached hydrogens (tertiary/aromatic N) is 3. The van der Waals surface area contributed by atoms with Crippen LogP contribution in [0, 0.1) is 6.92 Å². The molecule has 29 heavy (non-hydrogen) atoms. The maximum absolute atomic E-state index is 13.3. The molecule has 0 spiro atoms. The first-order chi connectivity index (χ1) is 13.9. The van der Waals surface area contributed by atoms with Crippen LogP contribution in [-0.4, -0.2) is 36.7 Å². The van der Waals surface area contributed by atoms with Gasteiger partial charge < -0.3 is 9.47 Å². The van der Waals surface area contributed by atoms with Gasteiger partial charge in [0.25, 0.3) is 10.0 Å². The van der Waals surface area contributed by atoms with Gasteiger partial charge in [0.05, 0.1) is 19.9 Å². The zero-order chi connectivity index (χ0) is 21.0. The molecule has 3 rings (SSSR count). The second-order valence-corrected chi connectivity index (χ2v) is 9.60. The topological polar surface area (TPSA) is 73.7 Å². The predicted octanol–water partition coefficient (Wildman–Crippen LogP) is 3.68. The molecule has 3 aromatic rings. The Labute approximate surface area is 175 Å². The SMILES string of the molecule is CCn1cc(CN(Cc2ccc(OC)c(OC)c2)S(=O)(=O)c2cccs2)c(C)n1. The Morgan fingerprint density at radius 2 is 1.90 bits per heavy atom. The first kappa shape index (κ1) is 21.4. The maximum atomic E-state index is 13.3. The van der Waals surface area contributed by atoms with Crippen molar-refractivity contribution in [3.63, 3.8) is 0 Å². The van der Waals surface area contributed by atoms with E-state index in [0.717, 1.165) is 23.4 Å². The third-order valence-corrected chi connectivity index (χ3v) is 7.78. The minimum atomic E-state index is -3.66. The molecule has 1 aromatic carbocycles. The molecule has 0 saturated heterocycles. The quantitative estimate of drug-likeness (QED) is 0.513. The van der Waals surface area contributed by atoms with Crippen LogP contribution in [0.1, 0.15) is 23.7 Å². The summed E-state index contributed by atoms with van der Waals surface area (Å²) in [4.78, 5) is 0. The lowest BCUT2D eigenvalue weighted by atomic mass is 10.2. The van der Waals surface area contributed by atoms with Gasteiger partial charge in [-0.05, 0) is 43.0 Å². The number of benzene rings is 1. The number of ether oxygens (including phenoxy) is 2. The van der Waals surface area contributed by atoms with Gasteiger partial charge in [0.15, 0.2) is 11.5 Å². The van der Waals surface area contributed by atoms with Crippen molar-refractivity contribution < 1.29 is 17.9 Å². The molecule has 9 heteroatoms. The van der Waals surface area contributed by atoms with Crippen LogP contribution in [0.2, 0.25) is 0 Å².